The minimum atomic E-state index is -0.916. The van der Waals surface area contributed by atoms with Gasteiger partial charge in [-0.1, -0.05) is 19.1 Å². The largest absolute Gasteiger partial charge is 0.392 e. The monoisotopic (exact) mass is 352 g/mol. The molecule has 1 aliphatic rings. The predicted molar refractivity (Wildman–Crippen MR) is 97.4 cm³/mol. The maximum absolute atomic E-state index is 12.8. The van der Waals surface area contributed by atoms with Crippen LogP contribution in [0.1, 0.15) is 36.2 Å². The molecule has 1 amide bonds. The number of aliphatic hydroxyl groups excluding tert-OH is 1. The van der Waals surface area contributed by atoms with Crippen LogP contribution in [0.4, 0.5) is 0 Å². The molecule has 1 fully saturated rings. The van der Waals surface area contributed by atoms with Crippen molar-refractivity contribution in [2.24, 2.45) is 0 Å². The molecule has 1 heterocycles. The first kappa shape index (κ1) is 19.1. The Morgan fingerprint density at radius 1 is 1.42 bits per heavy atom. The first-order valence-electron chi connectivity index (χ1n) is 8.51. The van der Waals surface area contributed by atoms with E-state index in [0.29, 0.717) is 31.0 Å². The van der Waals surface area contributed by atoms with Crippen molar-refractivity contribution < 1.29 is 14.1 Å². The first-order valence-corrected chi connectivity index (χ1v) is 10.2. The summed E-state index contributed by atoms with van der Waals surface area (Å²) in [6, 6.07) is 7.73. The van der Waals surface area contributed by atoms with Crippen LogP contribution in [0, 0.1) is 0 Å². The van der Waals surface area contributed by atoms with E-state index < -0.39 is 10.8 Å². The van der Waals surface area contributed by atoms with Gasteiger partial charge >= 0.3 is 0 Å². The molecule has 0 unspecified atom stereocenters. The SMILES string of the molecule is CC[C@@H]1CN(C(=O)c2cccc(C[S@](C)=O)c2)CCN1C[C@H](C)O. The highest BCUT2D eigenvalue weighted by atomic mass is 32.2. The second kappa shape index (κ2) is 8.74. The van der Waals surface area contributed by atoms with Crippen LogP contribution >= 0.6 is 0 Å². The Labute approximate surface area is 147 Å². The lowest BCUT2D eigenvalue weighted by molar-refractivity contribution is 0.0309. The Morgan fingerprint density at radius 3 is 2.79 bits per heavy atom. The van der Waals surface area contributed by atoms with Crippen LogP contribution in [0.5, 0.6) is 0 Å². The number of hydrogen-bond donors (Lipinski definition) is 1. The van der Waals surface area contributed by atoms with E-state index >= 15 is 0 Å². The van der Waals surface area contributed by atoms with E-state index in [4.69, 9.17) is 0 Å². The van der Waals surface area contributed by atoms with Crippen LogP contribution < -0.4 is 0 Å². The third-order valence-corrected chi connectivity index (χ3v) is 5.15. The second-order valence-electron chi connectivity index (χ2n) is 6.58. The summed E-state index contributed by atoms with van der Waals surface area (Å²) in [5.74, 6) is 0.509. The van der Waals surface area contributed by atoms with E-state index in [1.54, 1.807) is 13.2 Å². The number of aliphatic hydroxyl groups is 1. The Morgan fingerprint density at radius 2 is 2.17 bits per heavy atom. The molecule has 6 heteroatoms. The molecule has 1 aromatic rings. The summed E-state index contributed by atoms with van der Waals surface area (Å²) < 4.78 is 11.4. The molecule has 3 atom stereocenters. The van der Waals surface area contributed by atoms with Crippen LogP contribution in [0.15, 0.2) is 24.3 Å². The number of β-amino-alcohol motifs (C(OH)–C–C–N with tert-alkyl or cyclic N) is 1. The van der Waals surface area contributed by atoms with E-state index in [1.165, 1.54) is 0 Å². The van der Waals surface area contributed by atoms with Gasteiger partial charge in [-0.2, -0.15) is 0 Å². The summed E-state index contributed by atoms with van der Waals surface area (Å²) in [7, 11) is -0.916. The average molecular weight is 353 g/mol. The zero-order valence-electron chi connectivity index (χ0n) is 14.8. The molecule has 0 bridgehead atoms. The van der Waals surface area contributed by atoms with E-state index in [-0.39, 0.29) is 18.1 Å². The van der Waals surface area contributed by atoms with Crippen LogP contribution in [0.3, 0.4) is 0 Å². The molecule has 1 N–H and O–H groups in total. The topological polar surface area (TPSA) is 60.9 Å². The minimum absolute atomic E-state index is 0.0360. The molecule has 0 saturated carbocycles. The van der Waals surface area contributed by atoms with Crippen molar-refractivity contribution in [3.8, 4) is 0 Å². The van der Waals surface area contributed by atoms with Gasteiger partial charge in [0.05, 0.1) is 6.10 Å². The first-order chi connectivity index (χ1) is 11.4. The van der Waals surface area contributed by atoms with Crippen LogP contribution in [-0.2, 0) is 16.6 Å². The molecule has 0 aliphatic carbocycles. The third-order valence-electron chi connectivity index (χ3n) is 4.41. The van der Waals surface area contributed by atoms with E-state index in [9.17, 15) is 14.1 Å². The van der Waals surface area contributed by atoms with Gasteiger partial charge in [-0.15, -0.1) is 0 Å². The molecular weight excluding hydrogens is 324 g/mol. The highest BCUT2D eigenvalue weighted by Gasteiger charge is 2.29. The Balaban J connectivity index is 2.06. The fourth-order valence-corrected chi connectivity index (χ4v) is 3.90. The number of amides is 1. The number of carbonyl (C=O) groups is 1. The fourth-order valence-electron chi connectivity index (χ4n) is 3.26. The molecule has 0 aromatic heterocycles. The maximum atomic E-state index is 12.8. The standard InChI is InChI=1S/C18H28N2O3S/c1-4-17-12-20(9-8-19(17)11-14(2)21)18(22)16-7-5-6-15(10-16)13-24(3)23/h5-7,10,14,17,21H,4,8-9,11-13H2,1-3H3/t14-,17+,24-/m0/s1. The second-order valence-corrected chi connectivity index (χ2v) is 8.01. The van der Waals surface area contributed by atoms with Crippen molar-refractivity contribution in [2.45, 2.75) is 38.2 Å². The van der Waals surface area contributed by atoms with Crippen molar-refractivity contribution >= 4 is 16.7 Å². The highest BCUT2D eigenvalue weighted by Crippen LogP contribution is 2.17. The van der Waals surface area contributed by atoms with Gasteiger partial charge in [0.25, 0.3) is 5.91 Å². The summed E-state index contributed by atoms with van der Waals surface area (Å²) in [6.07, 6.45) is 2.26. The van der Waals surface area contributed by atoms with Crippen molar-refractivity contribution in [3.63, 3.8) is 0 Å². The quantitative estimate of drug-likeness (QED) is 0.842. The third kappa shape index (κ3) is 5.13. The van der Waals surface area contributed by atoms with Crippen molar-refractivity contribution in [1.29, 1.82) is 0 Å². The highest BCUT2D eigenvalue weighted by molar-refractivity contribution is 7.83. The normalized spacial score (nSPS) is 21.5. The molecule has 134 valence electrons. The summed E-state index contributed by atoms with van der Waals surface area (Å²) in [5.41, 5.74) is 1.60. The number of rotatable bonds is 6. The molecule has 1 aromatic carbocycles. The molecule has 1 aliphatic heterocycles. The predicted octanol–water partition coefficient (Wildman–Crippen LogP) is 1.48. The number of nitrogens with zero attached hydrogens (tertiary/aromatic N) is 2. The molecule has 5 nitrogen and oxygen atoms in total. The lowest BCUT2D eigenvalue weighted by Gasteiger charge is -2.41. The summed E-state index contributed by atoms with van der Waals surface area (Å²) in [6.45, 7) is 6.71. The zero-order valence-corrected chi connectivity index (χ0v) is 15.6. The molecule has 2 rings (SSSR count). The molecule has 1 saturated heterocycles. The fraction of sp³-hybridized carbons (Fsp3) is 0.611. The molecule has 0 radical (unpaired) electrons. The summed E-state index contributed by atoms with van der Waals surface area (Å²) >= 11 is 0. The van der Waals surface area contributed by atoms with E-state index in [2.05, 4.69) is 11.8 Å². The lowest BCUT2D eigenvalue weighted by atomic mass is 10.1. The average Bonchev–Trinajstić information content (AvgIpc) is 2.53. The van der Waals surface area contributed by atoms with Crippen LogP contribution in [-0.4, -0.2) is 69.6 Å². The van der Waals surface area contributed by atoms with Crippen molar-refractivity contribution in [3.05, 3.63) is 35.4 Å². The Bertz CT molecular complexity index is 591. The van der Waals surface area contributed by atoms with Crippen molar-refractivity contribution in [1.82, 2.24) is 9.80 Å². The number of piperazine rings is 1. The maximum Gasteiger partial charge on any atom is 0.253 e. The zero-order chi connectivity index (χ0) is 17.7. The summed E-state index contributed by atoms with van der Waals surface area (Å²) in [5, 5.41) is 9.63. The molecule has 24 heavy (non-hydrogen) atoms. The Kier molecular flexibility index (Phi) is 6.95. The van der Waals surface area contributed by atoms with E-state index in [0.717, 1.165) is 18.5 Å². The molecule has 0 spiro atoms. The van der Waals surface area contributed by atoms with E-state index in [1.807, 2.05) is 29.2 Å². The van der Waals surface area contributed by atoms with Gasteiger partial charge in [-0.05, 0) is 31.0 Å². The van der Waals surface area contributed by atoms with Gasteiger partial charge in [0.15, 0.2) is 0 Å². The van der Waals surface area contributed by atoms with Crippen LogP contribution in [0.2, 0.25) is 0 Å². The van der Waals surface area contributed by atoms with Gasteiger partial charge in [0, 0.05) is 60.6 Å². The van der Waals surface area contributed by atoms with Gasteiger partial charge in [-0.25, -0.2) is 0 Å². The summed E-state index contributed by atoms with van der Waals surface area (Å²) in [4.78, 5) is 17.0. The number of benzene rings is 1. The van der Waals surface area contributed by atoms with Gasteiger partial charge in [-0.3, -0.25) is 13.9 Å². The van der Waals surface area contributed by atoms with Crippen LogP contribution in [0.25, 0.3) is 0 Å². The number of hydrogen-bond acceptors (Lipinski definition) is 4. The smallest absolute Gasteiger partial charge is 0.253 e. The van der Waals surface area contributed by atoms with Gasteiger partial charge in [0.1, 0.15) is 0 Å². The number of carbonyl (C=O) groups excluding carboxylic acids is 1. The lowest BCUT2D eigenvalue weighted by Crippen LogP contribution is -2.55. The van der Waals surface area contributed by atoms with Gasteiger partial charge in [0.2, 0.25) is 0 Å². The Hall–Kier alpha value is -1.24. The molecular formula is C18H28N2O3S. The van der Waals surface area contributed by atoms with Gasteiger partial charge < -0.3 is 10.0 Å². The minimum Gasteiger partial charge on any atom is -0.392 e. The van der Waals surface area contributed by atoms with Crippen molar-refractivity contribution in [2.75, 3.05) is 32.4 Å².